The number of hydrogen-bond acceptors (Lipinski definition) is 3. The highest BCUT2D eigenvalue weighted by Gasteiger charge is 2.10. The summed E-state index contributed by atoms with van der Waals surface area (Å²) in [6.45, 7) is 0.568. The third-order valence-corrected chi connectivity index (χ3v) is 2.67. The van der Waals surface area contributed by atoms with Gasteiger partial charge < -0.3 is 14.7 Å². The highest BCUT2D eigenvalue weighted by molar-refractivity contribution is 6.36. The molecule has 0 spiro atoms. The number of nitrogens with zero attached hydrogens (tertiary/aromatic N) is 1. The third-order valence-electron chi connectivity index (χ3n) is 2.07. The van der Waals surface area contributed by atoms with E-state index in [2.05, 4.69) is 0 Å². The van der Waals surface area contributed by atoms with Gasteiger partial charge in [0.05, 0.1) is 29.4 Å². The number of anilines is 1. The lowest BCUT2D eigenvalue weighted by Gasteiger charge is -2.20. The van der Waals surface area contributed by atoms with Crippen molar-refractivity contribution in [2.75, 3.05) is 32.2 Å². The molecule has 0 aliphatic rings. The monoisotopic (exact) mass is 249 g/mol. The van der Waals surface area contributed by atoms with Crippen molar-refractivity contribution in [2.24, 2.45) is 0 Å². The van der Waals surface area contributed by atoms with Gasteiger partial charge in [-0.1, -0.05) is 23.2 Å². The summed E-state index contributed by atoms with van der Waals surface area (Å²) >= 11 is 12.0. The van der Waals surface area contributed by atoms with Crippen molar-refractivity contribution in [1.82, 2.24) is 0 Å². The van der Waals surface area contributed by atoms with Gasteiger partial charge in [0.25, 0.3) is 0 Å². The molecule has 1 aromatic carbocycles. The van der Waals surface area contributed by atoms with E-state index in [1.807, 2.05) is 11.9 Å². The maximum Gasteiger partial charge on any atom is 0.139 e. The van der Waals surface area contributed by atoms with Crippen LogP contribution in [0.1, 0.15) is 0 Å². The maximum atomic E-state index is 8.82. The molecule has 0 unspecified atom stereocenters. The summed E-state index contributed by atoms with van der Waals surface area (Å²) in [4.78, 5) is 1.83. The zero-order valence-electron chi connectivity index (χ0n) is 8.63. The maximum absolute atomic E-state index is 8.82. The van der Waals surface area contributed by atoms with Crippen molar-refractivity contribution in [1.29, 1.82) is 0 Å². The third kappa shape index (κ3) is 2.91. The number of hydrogen-bond donors (Lipinski definition) is 1. The van der Waals surface area contributed by atoms with Crippen LogP contribution >= 0.6 is 23.2 Å². The minimum Gasteiger partial charge on any atom is -0.495 e. The molecule has 15 heavy (non-hydrogen) atoms. The molecule has 0 fully saturated rings. The van der Waals surface area contributed by atoms with Gasteiger partial charge in [0.1, 0.15) is 5.75 Å². The molecular weight excluding hydrogens is 237 g/mol. The summed E-state index contributed by atoms with van der Waals surface area (Å²) in [5.41, 5.74) is 0.775. The minimum atomic E-state index is 0.0659. The number of likely N-dealkylation sites (N-methyl/N-ethyl adjacent to an activating group) is 1. The second kappa shape index (κ2) is 5.45. The van der Waals surface area contributed by atoms with Crippen LogP contribution in [-0.4, -0.2) is 32.4 Å². The summed E-state index contributed by atoms with van der Waals surface area (Å²) < 4.78 is 5.04. The number of halogens is 2. The summed E-state index contributed by atoms with van der Waals surface area (Å²) in [5.74, 6) is 0.544. The first kappa shape index (κ1) is 12.4. The number of rotatable bonds is 4. The van der Waals surface area contributed by atoms with Gasteiger partial charge in [0, 0.05) is 19.7 Å². The van der Waals surface area contributed by atoms with Crippen molar-refractivity contribution >= 4 is 28.9 Å². The van der Waals surface area contributed by atoms with Gasteiger partial charge in [-0.25, -0.2) is 0 Å². The minimum absolute atomic E-state index is 0.0659. The van der Waals surface area contributed by atoms with Crippen LogP contribution in [0.5, 0.6) is 5.75 Å². The fourth-order valence-electron chi connectivity index (χ4n) is 1.24. The summed E-state index contributed by atoms with van der Waals surface area (Å²) in [6, 6.07) is 3.38. The Morgan fingerprint density at radius 2 is 2.00 bits per heavy atom. The first-order chi connectivity index (χ1) is 7.10. The van der Waals surface area contributed by atoms with Gasteiger partial charge in [-0.05, 0) is 6.07 Å². The lowest BCUT2D eigenvalue weighted by atomic mass is 10.2. The molecule has 0 amide bonds. The Morgan fingerprint density at radius 3 is 2.53 bits per heavy atom. The molecule has 3 nitrogen and oxygen atoms in total. The summed E-state index contributed by atoms with van der Waals surface area (Å²) in [7, 11) is 3.37. The van der Waals surface area contributed by atoms with E-state index in [0.29, 0.717) is 22.3 Å². The average Bonchev–Trinajstić information content (AvgIpc) is 2.21. The Labute approximate surface area is 99.2 Å². The summed E-state index contributed by atoms with van der Waals surface area (Å²) in [5, 5.41) is 9.87. The van der Waals surface area contributed by atoms with Gasteiger partial charge in [-0.15, -0.1) is 0 Å². The normalized spacial score (nSPS) is 10.2. The highest BCUT2D eigenvalue weighted by Crippen LogP contribution is 2.35. The standard InChI is InChI=1S/C10H13Cl2NO2/c1-13(3-4-14)9-5-8(12)10(15-2)6-7(9)11/h5-6,14H,3-4H2,1-2H3. The number of aliphatic hydroxyl groups is 1. The van der Waals surface area contributed by atoms with E-state index in [0.717, 1.165) is 5.69 Å². The second-order valence-electron chi connectivity index (χ2n) is 3.08. The van der Waals surface area contributed by atoms with Crippen molar-refractivity contribution in [2.45, 2.75) is 0 Å². The van der Waals surface area contributed by atoms with Crippen LogP contribution in [0.4, 0.5) is 5.69 Å². The highest BCUT2D eigenvalue weighted by atomic mass is 35.5. The van der Waals surface area contributed by atoms with Gasteiger partial charge in [0.2, 0.25) is 0 Å². The van der Waals surface area contributed by atoms with E-state index in [4.69, 9.17) is 33.0 Å². The van der Waals surface area contributed by atoms with Gasteiger partial charge >= 0.3 is 0 Å². The fraction of sp³-hybridized carbons (Fsp3) is 0.400. The topological polar surface area (TPSA) is 32.7 Å². The predicted molar refractivity (Wildman–Crippen MR) is 63.4 cm³/mol. The number of aliphatic hydroxyl groups excluding tert-OH is 1. The fourth-order valence-corrected chi connectivity index (χ4v) is 1.77. The lowest BCUT2D eigenvalue weighted by molar-refractivity contribution is 0.304. The van der Waals surface area contributed by atoms with Crippen LogP contribution in [0.25, 0.3) is 0 Å². The quantitative estimate of drug-likeness (QED) is 0.890. The van der Waals surface area contributed by atoms with E-state index in [1.165, 1.54) is 7.11 Å². The summed E-state index contributed by atoms with van der Waals surface area (Å²) in [6.07, 6.45) is 0. The van der Waals surface area contributed by atoms with Crippen LogP contribution in [0.3, 0.4) is 0 Å². The Kier molecular flexibility index (Phi) is 4.51. The molecule has 1 N–H and O–H groups in total. The van der Waals surface area contributed by atoms with Gasteiger partial charge in [0.15, 0.2) is 0 Å². The predicted octanol–water partition coefficient (Wildman–Crippen LogP) is 2.43. The number of ether oxygens (including phenoxy) is 1. The molecule has 0 aliphatic carbocycles. The second-order valence-corrected chi connectivity index (χ2v) is 3.90. The zero-order valence-corrected chi connectivity index (χ0v) is 10.1. The smallest absolute Gasteiger partial charge is 0.139 e. The van der Waals surface area contributed by atoms with E-state index in [1.54, 1.807) is 12.1 Å². The Balaban J connectivity index is 3.04. The van der Waals surface area contributed by atoms with Crippen molar-refractivity contribution in [3.05, 3.63) is 22.2 Å². The van der Waals surface area contributed by atoms with E-state index in [-0.39, 0.29) is 6.61 Å². The van der Waals surface area contributed by atoms with Crippen molar-refractivity contribution in [3.63, 3.8) is 0 Å². The van der Waals surface area contributed by atoms with Gasteiger partial charge in [-0.2, -0.15) is 0 Å². The molecule has 0 saturated heterocycles. The average molecular weight is 250 g/mol. The molecule has 84 valence electrons. The van der Waals surface area contributed by atoms with Crippen LogP contribution in [0, 0.1) is 0 Å². The van der Waals surface area contributed by atoms with Crippen LogP contribution in [0.2, 0.25) is 10.0 Å². The molecule has 5 heteroatoms. The Hall–Kier alpha value is -0.640. The zero-order chi connectivity index (χ0) is 11.4. The van der Waals surface area contributed by atoms with Crippen molar-refractivity contribution in [3.8, 4) is 5.75 Å². The molecule has 1 rings (SSSR count). The van der Waals surface area contributed by atoms with Crippen LogP contribution < -0.4 is 9.64 Å². The molecule has 1 aromatic rings. The number of benzene rings is 1. The van der Waals surface area contributed by atoms with E-state index in [9.17, 15) is 0 Å². The first-order valence-corrected chi connectivity index (χ1v) is 5.20. The lowest BCUT2D eigenvalue weighted by Crippen LogP contribution is -2.21. The molecule has 0 atom stereocenters. The Bertz CT molecular complexity index is 344. The molecule has 0 heterocycles. The van der Waals surface area contributed by atoms with E-state index < -0.39 is 0 Å². The molecule has 0 aromatic heterocycles. The molecular formula is C10H13Cl2NO2. The van der Waals surface area contributed by atoms with Crippen LogP contribution in [-0.2, 0) is 0 Å². The molecule has 0 saturated carbocycles. The molecule has 0 aliphatic heterocycles. The number of methoxy groups -OCH3 is 1. The Morgan fingerprint density at radius 1 is 1.33 bits per heavy atom. The van der Waals surface area contributed by atoms with Gasteiger partial charge in [-0.3, -0.25) is 0 Å². The molecule has 0 radical (unpaired) electrons. The van der Waals surface area contributed by atoms with Crippen molar-refractivity contribution < 1.29 is 9.84 Å². The largest absolute Gasteiger partial charge is 0.495 e. The van der Waals surface area contributed by atoms with E-state index >= 15 is 0 Å². The molecule has 0 bridgehead atoms. The first-order valence-electron chi connectivity index (χ1n) is 4.45. The van der Waals surface area contributed by atoms with Crippen LogP contribution in [0.15, 0.2) is 12.1 Å². The SMILES string of the molecule is COc1cc(Cl)c(N(C)CCO)cc1Cl.